The molecule has 4 nitrogen and oxygen atoms in total. The molecule has 18 heavy (non-hydrogen) atoms. The lowest BCUT2D eigenvalue weighted by Gasteiger charge is -2.41. The molecule has 4 heteroatoms. The number of esters is 2. The molecule has 0 fully saturated rings. The van der Waals surface area contributed by atoms with E-state index in [9.17, 15) is 9.59 Å². The number of allylic oxidation sites excluding steroid dienone is 1. The molecule has 0 amide bonds. The van der Waals surface area contributed by atoms with Crippen molar-refractivity contribution in [1.29, 1.82) is 0 Å². The van der Waals surface area contributed by atoms with Gasteiger partial charge < -0.3 is 9.47 Å². The van der Waals surface area contributed by atoms with Crippen LogP contribution in [0.4, 0.5) is 0 Å². The molecule has 0 spiro atoms. The van der Waals surface area contributed by atoms with Gasteiger partial charge in [0.25, 0.3) is 0 Å². The molecule has 0 saturated carbocycles. The van der Waals surface area contributed by atoms with Crippen LogP contribution in [0.15, 0.2) is 11.6 Å². The Morgan fingerprint density at radius 2 is 1.94 bits per heavy atom. The predicted molar refractivity (Wildman–Crippen MR) is 67.8 cm³/mol. The predicted octanol–water partition coefficient (Wildman–Crippen LogP) is 2.47. The molecule has 0 bridgehead atoms. The van der Waals surface area contributed by atoms with E-state index in [2.05, 4.69) is 13.8 Å². The smallest absolute Gasteiger partial charge is 0.303 e. The summed E-state index contributed by atoms with van der Waals surface area (Å²) in [5, 5.41) is 0. The Morgan fingerprint density at radius 1 is 1.33 bits per heavy atom. The van der Waals surface area contributed by atoms with E-state index in [-0.39, 0.29) is 36.0 Å². The number of hydrogen-bond acceptors (Lipinski definition) is 4. The zero-order valence-corrected chi connectivity index (χ0v) is 11.8. The van der Waals surface area contributed by atoms with Crippen molar-refractivity contribution in [2.45, 2.75) is 47.1 Å². The van der Waals surface area contributed by atoms with Crippen LogP contribution in [0.1, 0.15) is 41.0 Å². The van der Waals surface area contributed by atoms with Crippen molar-refractivity contribution in [2.75, 3.05) is 6.61 Å². The molecule has 0 aliphatic heterocycles. The first-order valence-electron chi connectivity index (χ1n) is 6.20. The molecular formula is C14H22O4. The highest BCUT2D eigenvalue weighted by Crippen LogP contribution is 2.41. The fraction of sp³-hybridized carbons (Fsp3) is 0.714. The van der Waals surface area contributed by atoms with Gasteiger partial charge in [-0.05, 0) is 24.8 Å². The summed E-state index contributed by atoms with van der Waals surface area (Å²) in [6, 6.07) is 0. The Kier molecular flexibility index (Phi) is 4.54. The van der Waals surface area contributed by atoms with E-state index in [0.717, 1.165) is 6.42 Å². The van der Waals surface area contributed by atoms with Gasteiger partial charge in [0, 0.05) is 19.8 Å². The maximum atomic E-state index is 11.2. The minimum atomic E-state index is -0.314. The van der Waals surface area contributed by atoms with E-state index < -0.39 is 0 Å². The maximum Gasteiger partial charge on any atom is 0.303 e. The zero-order valence-electron chi connectivity index (χ0n) is 11.8. The van der Waals surface area contributed by atoms with Crippen LogP contribution >= 0.6 is 0 Å². The Hall–Kier alpha value is -1.32. The van der Waals surface area contributed by atoms with E-state index in [1.807, 2.05) is 13.0 Å². The summed E-state index contributed by atoms with van der Waals surface area (Å²) in [5.74, 6) is -0.623. The van der Waals surface area contributed by atoms with Crippen LogP contribution in [0.5, 0.6) is 0 Å². The van der Waals surface area contributed by atoms with Crippen molar-refractivity contribution < 1.29 is 19.1 Å². The Balaban J connectivity index is 2.89. The Morgan fingerprint density at radius 3 is 2.44 bits per heavy atom. The molecule has 2 atom stereocenters. The van der Waals surface area contributed by atoms with Gasteiger partial charge in [-0.25, -0.2) is 0 Å². The zero-order chi connectivity index (χ0) is 13.9. The highest BCUT2D eigenvalue weighted by atomic mass is 16.6. The van der Waals surface area contributed by atoms with E-state index in [0.29, 0.717) is 0 Å². The van der Waals surface area contributed by atoms with Crippen LogP contribution in [-0.2, 0) is 19.1 Å². The van der Waals surface area contributed by atoms with Crippen LogP contribution in [0.2, 0.25) is 0 Å². The summed E-state index contributed by atoms with van der Waals surface area (Å²) < 4.78 is 10.4. The first-order valence-corrected chi connectivity index (χ1v) is 6.20. The van der Waals surface area contributed by atoms with Gasteiger partial charge in [-0.15, -0.1) is 0 Å². The summed E-state index contributed by atoms with van der Waals surface area (Å²) in [4.78, 5) is 22.1. The van der Waals surface area contributed by atoms with Crippen molar-refractivity contribution in [3.05, 3.63) is 11.6 Å². The van der Waals surface area contributed by atoms with Gasteiger partial charge in [-0.1, -0.05) is 19.4 Å². The van der Waals surface area contributed by atoms with Crippen molar-refractivity contribution in [2.24, 2.45) is 11.3 Å². The van der Waals surface area contributed by atoms with Gasteiger partial charge in [0.15, 0.2) is 0 Å². The second-order valence-corrected chi connectivity index (χ2v) is 5.66. The normalized spacial score (nSPS) is 26.2. The Bertz CT molecular complexity index is 368. The summed E-state index contributed by atoms with van der Waals surface area (Å²) in [6.45, 7) is 9.30. The molecule has 1 unspecified atom stereocenters. The molecule has 0 aromatic heterocycles. The average Bonchev–Trinajstić information content (AvgIpc) is 2.12. The summed E-state index contributed by atoms with van der Waals surface area (Å²) in [5.41, 5.74) is 1.14. The monoisotopic (exact) mass is 254 g/mol. The van der Waals surface area contributed by atoms with E-state index >= 15 is 0 Å². The van der Waals surface area contributed by atoms with Crippen LogP contribution < -0.4 is 0 Å². The van der Waals surface area contributed by atoms with E-state index in [1.165, 1.54) is 19.4 Å². The van der Waals surface area contributed by atoms with Crippen LogP contribution in [0.3, 0.4) is 0 Å². The van der Waals surface area contributed by atoms with Gasteiger partial charge in [-0.2, -0.15) is 0 Å². The number of carbonyl (C=O) groups excluding carboxylic acids is 2. The minimum absolute atomic E-state index is 0.00556. The van der Waals surface area contributed by atoms with E-state index in [1.54, 1.807) is 0 Å². The first-order chi connectivity index (χ1) is 8.22. The third-order valence-corrected chi connectivity index (χ3v) is 3.35. The SMILES string of the molecule is CC(=O)OCC1[C@@H](OC(C)=O)C=C(C)CC1(C)C. The second-order valence-electron chi connectivity index (χ2n) is 5.66. The van der Waals surface area contributed by atoms with Crippen molar-refractivity contribution >= 4 is 11.9 Å². The van der Waals surface area contributed by atoms with Gasteiger partial charge in [0.1, 0.15) is 6.10 Å². The van der Waals surface area contributed by atoms with Gasteiger partial charge >= 0.3 is 11.9 Å². The molecule has 0 N–H and O–H groups in total. The van der Waals surface area contributed by atoms with Gasteiger partial charge in [0.05, 0.1) is 6.61 Å². The van der Waals surface area contributed by atoms with Gasteiger partial charge in [0.2, 0.25) is 0 Å². The molecule has 0 saturated heterocycles. The molecule has 0 radical (unpaired) electrons. The lowest BCUT2D eigenvalue weighted by atomic mass is 9.68. The largest absolute Gasteiger partial charge is 0.465 e. The molecule has 102 valence electrons. The lowest BCUT2D eigenvalue weighted by molar-refractivity contribution is -0.154. The molecule has 0 aromatic carbocycles. The standard InChI is InChI=1S/C14H22O4/c1-9-6-13(18-11(3)16)12(8-17-10(2)15)14(4,5)7-9/h6,12-13H,7-8H2,1-5H3/t12?,13-/m0/s1. The number of rotatable bonds is 3. The molecule has 1 rings (SSSR count). The summed E-state index contributed by atoms with van der Waals surface area (Å²) in [6.07, 6.45) is 2.56. The van der Waals surface area contributed by atoms with E-state index in [4.69, 9.17) is 9.47 Å². The first kappa shape index (κ1) is 14.7. The fourth-order valence-electron chi connectivity index (χ4n) is 2.59. The highest BCUT2D eigenvalue weighted by molar-refractivity contribution is 5.66. The third kappa shape index (κ3) is 3.86. The molecular weight excluding hydrogens is 232 g/mol. The molecule has 1 aliphatic rings. The quantitative estimate of drug-likeness (QED) is 0.573. The summed E-state index contributed by atoms with van der Waals surface area (Å²) in [7, 11) is 0. The second kappa shape index (κ2) is 5.55. The van der Waals surface area contributed by atoms with Gasteiger partial charge in [-0.3, -0.25) is 9.59 Å². The van der Waals surface area contributed by atoms with Crippen molar-refractivity contribution in [3.8, 4) is 0 Å². The number of carbonyl (C=O) groups is 2. The molecule has 0 aromatic rings. The number of hydrogen-bond donors (Lipinski definition) is 0. The van der Waals surface area contributed by atoms with Crippen LogP contribution in [0, 0.1) is 11.3 Å². The van der Waals surface area contributed by atoms with Crippen molar-refractivity contribution in [3.63, 3.8) is 0 Å². The van der Waals surface area contributed by atoms with Crippen LogP contribution in [0.25, 0.3) is 0 Å². The molecule has 0 heterocycles. The minimum Gasteiger partial charge on any atom is -0.465 e. The molecule has 1 aliphatic carbocycles. The van der Waals surface area contributed by atoms with Crippen molar-refractivity contribution in [1.82, 2.24) is 0 Å². The topological polar surface area (TPSA) is 52.6 Å². The lowest BCUT2D eigenvalue weighted by Crippen LogP contribution is -2.42. The average molecular weight is 254 g/mol. The number of ether oxygens (including phenoxy) is 2. The third-order valence-electron chi connectivity index (χ3n) is 3.35. The fourth-order valence-corrected chi connectivity index (χ4v) is 2.59. The van der Waals surface area contributed by atoms with Crippen LogP contribution in [-0.4, -0.2) is 24.6 Å². The Labute approximate surface area is 108 Å². The maximum absolute atomic E-state index is 11.2. The summed E-state index contributed by atoms with van der Waals surface area (Å²) >= 11 is 0. The highest BCUT2D eigenvalue weighted by Gasteiger charge is 2.40.